The molecule has 0 aliphatic heterocycles. The molecular weight excluding hydrogens is 433 g/mol. The number of carbonyl (C=O) groups excluding carboxylic acids is 1. The molecule has 2 aromatic rings. The van der Waals surface area contributed by atoms with Crippen molar-refractivity contribution >= 4 is 34.7 Å². The summed E-state index contributed by atoms with van der Waals surface area (Å²) in [6, 6.07) is 5.23. The number of carbonyl (C=O) groups is 1. The van der Waals surface area contributed by atoms with E-state index in [0.717, 1.165) is 43.4 Å². The predicted octanol–water partition coefficient (Wildman–Crippen LogP) is 3.51. The first-order valence-electron chi connectivity index (χ1n) is 8.46. The molecule has 0 saturated carbocycles. The zero-order chi connectivity index (χ0) is 17.8. The van der Waals surface area contributed by atoms with E-state index in [0.29, 0.717) is 18.1 Å². The number of nitrogens with zero attached hydrogens (tertiary/aromatic N) is 2. The third-order valence-electron chi connectivity index (χ3n) is 4.38. The van der Waals surface area contributed by atoms with Crippen molar-refractivity contribution in [1.29, 1.82) is 0 Å². The fourth-order valence-corrected chi connectivity index (χ4v) is 3.78. The van der Waals surface area contributed by atoms with Gasteiger partial charge in [-0.15, -0.1) is 0 Å². The molecule has 6 nitrogen and oxygen atoms in total. The number of fused-ring (bicyclic) bond motifs is 1. The highest BCUT2D eigenvalue weighted by Crippen LogP contribution is 2.32. The number of pyridine rings is 2. The monoisotopic (exact) mass is 453 g/mol. The third-order valence-corrected chi connectivity index (χ3v) is 4.82. The SMILES string of the molecule is CCCn1c2c(c(OI)c(C(=O)Nc3ccccn3)c1=O)CCCC2. The van der Waals surface area contributed by atoms with Crippen LogP contribution in [0.15, 0.2) is 29.2 Å². The molecule has 0 saturated heterocycles. The van der Waals surface area contributed by atoms with E-state index in [-0.39, 0.29) is 11.1 Å². The van der Waals surface area contributed by atoms with Gasteiger partial charge >= 0.3 is 0 Å². The van der Waals surface area contributed by atoms with Gasteiger partial charge in [0.25, 0.3) is 11.5 Å². The molecule has 3 rings (SSSR count). The van der Waals surface area contributed by atoms with Gasteiger partial charge in [0.1, 0.15) is 11.4 Å². The Bertz CT molecular complexity index is 834. The summed E-state index contributed by atoms with van der Waals surface area (Å²) in [7, 11) is 0. The predicted molar refractivity (Wildman–Crippen MR) is 104 cm³/mol. The highest BCUT2D eigenvalue weighted by molar-refractivity contribution is 14.1. The van der Waals surface area contributed by atoms with Crippen molar-refractivity contribution in [3.8, 4) is 5.75 Å². The highest BCUT2D eigenvalue weighted by atomic mass is 127. The molecule has 1 N–H and O–H groups in total. The molecule has 0 spiro atoms. The molecule has 2 heterocycles. The van der Waals surface area contributed by atoms with E-state index in [4.69, 9.17) is 3.07 Å². The van der Waals surface area contributed by atoms with Crippen LogP contribution >= 0.6 is 23.0 Å². The summed E-state index contributed by atoms with van der Waals surface area (Å²) in [5.74, 6) is 0.334. The summed E-state index contributed by atoms with van der Waals surface area (Å²) in [5, 5.41) is 2.70. The van der Waals surface area contributed by atoms with Crippen LogP contribution in [0, 0.1) is 0 Å². The van der Waals surface area contributed by atoms with Gasteiger partial charge in [0.05, 0.1) is 0 Å². The molecular formula is C18H20IN3O3. The highest BCUT2D eigenvalue weighted by Gasteiger charge is 2.28. The number of aromatic nitrogens is 2. The summed E-state index contributed by atoms with van der Waals surface area (Å²) in [5.41, 5.74) is 1.77. The Morgan fingerprint density at radius 1 is 1.36 bits per heavy atom. The summed E-state index contributed by atoms with van der Waals surface area (Å²) in [6.45, 7) is 2.63. The minimum absolute atomic E-state index is 0.0640. The number of halogens is 1. The van der Waals surface area contributed by atoms with Crippen LogP contribution in [0.4, 0.5) is 5.82 Å². The number of hydrogen-bond donors (Lipinski definition) is 1. The Labute approximate surface area is 160 Å². The maximum absolute atomic E-state index is 13.0. The molecule has 1 aliphatic carbocycles. The molecule has 0 fully saturated rings. The van der Waals surface area contributed by atoms with Crippen molar-refractivity contribution in [3.05, 3.63) is 51.6 Å². The van der Waals surface area contributed by atoms with Crippen LogP contribution in [0.5, 0.6) is 5.75 Å². The quantitative estimate of drug-likeness (QED) is 0.704. The van der Waals surface area contributed by atoms with Crippen LogP contribution in [0.25, 0.3) is 0 Å². The molecule has 0 radical (unpaired) electrons. The number of nitrogens with one attached hydrogen (secondary N) is 1. The van der Waals surface area contributed by atoms with Crippen LogP contribution in [0.2, 0.25) is 0 Å². The first-order chi connectivity index (χ1) is 12.2. The summed E-state index contributed by atoms with van der Waals surface area (Å²) in [4.78, 5) is 29.9. The average molecular weight is 453 g/mol. The van der Waals surface area contributed by atoms with Gasteiger partial charge in [0.2, 0.25) is 0 Å². The van der Waals surface area contributed by atoms with Crippen LogP contribution in [0.3, 0.4) is 0 Å². The van der Waals surface area contributed by atoms with E-state index >= 15 is 0 Å². The molecule has 0 bridgehead atoms. The maximum Gasteiger partial charge on any atom is 0.267 e. The van der Waals surface area contributed by atoms with E-state index in [9.17, 15) is 9.59 Å². The van der Waals surface area contributed by atoms with Crippen molar-refractivity contribution in [1.82, 2.24) is 9.55 Å². The van der Waals surface area contributed by atoms with Gasteiger partial charge in [-0.25, -0.2) is 4.98 Å². The van der Waals surface area contributed by atoms with Gasteiger partial charge in [0.15, 0.2) is 28.8 Å². The van der Waals surface area contributed by atoms with E-state index in [1.54, 1.807) is 52.0 Å². The average Bonchev–Trinajstić information content (AvgIpc) is 2.64. The van der Waals surface area contributed by atoms with Gasteiger partial charge in [-0.2, -0.15) is 0 Å². The lowest BCUT2D eigenvalue weighted by molar-refractivity contribution is 0.102. The molecule has 7 heteroatoms. The largest absolute Gasteiger partial charge is 0.426 e. The van der Waals surface area contributed by atoms with Gasteiger partial charge in [-0.3, -0.25) is 9.59 Å². The Hall–Kier alpha value is -1.90. The topological polar surface area (TPSA) is 73.2 Å². The maximum atomic E-state index is 13.0. The van der Waals surface area contributed by atoms with Crippen molar-refractivity contribution in [3.63, 3.8) is 0 Å². The Morgan fingerprint density at radius 2 is 2.16 bits per heavy atom. The number of rotatable bonds is 5. The van der Waals surface area contributed by atoms with Crippen molar-refractivity contribution in [2.45, 2.75) is 45.6 Å². The molecule has 25 heavy (non-hydrogen) atoms. The zero-order valence-corrected chi connectivity index (χ0v) is 16.2. The number of amides is 1. The number of anilines is 1. The van der Waals surface area contributed by atoms with E-state index < -0.39 is 5.91 Å². The second-order valence-corrected chi connectivity index (χ2v) is 6.48. The number of hydrogen-bond acceptors (Lipinski definition) is 4. The molecule has 2 aromatic heterocycles. The standard InChI is InChI=1S/C18H20IN3O3/c1-2-11-22-13-8-4-3-7-12(13)16(25-19)15(18(22)24)17(23)21-14-9-5-6-10-20-14/h5-6,9-10H,2-4,7-8,11H2,1H3,(H,20,21,23). The molecule has 0 atom stereocenters. The van der Waals surface area contributed by atoms with Gasteiger partial charge in [-0.1, -0.05) is 13.0 Å². The van der Waals surface area contributed by atoms with Crippen molar-refractivity contribution in [2.75, 3.05) is 5.32 Å². The second kappa shape index (κ2) is 7.99. The van der Waals surface area contributed by atoms with E-state index in [1.165, 1.54) is 0 Å². The lowest BCUT2D eigenvalue weighted by atomic mass is 9.93. The van der Waals surface area contributed by atoms with Crippen molar-refractivity contribution < 1.29 is 7.86 Å². The zero-order valence-electron chi connectivity index (χ0n) is 14.0. The summed E-state index contributed by atoms with van der Waals surface area (Å²) in [6.07, 6.45) is 6.18. The van der Waals surface area contributed by atoms with Gasteiger partial charge < -0.3 is 13.0 Å². The third kappa shape index (κ3) is 3.56. The van der Waals surface area contributed by atoms with Crippen LogP contribution in [-0.4, -0.2) is 15.5 Å². The Balaban J connectivity index is 2.13. The normalized spacial score (nSPS) is 13.2. The lowest BCUT2D eigenvalue weighted by Gasteiger charge is -2.24. The minimum atomic E-state index is -0.478. The van der Waals surface area contributed by atoms with Crippen LogP contribution in [0.1, 0.15) is 47.8 Å². The fraction of sp³-hybridized carbons (Fsp3) is 0.389. The first kappa shape index (κ1) is 17.9. The summed E-state index contributed by atoms with van der Waals surface area (Å²) >= 11 is 1.76. The fourth-order valence-electron chi connectivity index (χ4n) is 3.30. The molecule has 0 unspecified atom stereocenters. The summed E-state index contributed by atoms with van der Waals surface area (Å²) < 4.78 is 7.24. The van der Waals surface area contributed by atoms with Crippen molar-refractivity contribution in [2.24, 2.45) is 0 Å². The second-order valence-electron chi connectivity index (χ2n) is 6.04. The first-order valence-corrected chi connectivity index (χ1v) is 9.35. The minimum Gasteiger partial charge on any atom is -0.426 e. The van der Waals surface area contributed by atoms with E-state index in [2.05, 4.69) is 10.3 Å². The van der Waals surface area contributed by atoms with Gasteiger partial charge in [-0.05, 0) is 44.2 Å². The molecule has 0 aromatic carbocycles. The van der Waals surface area contributed by atoms with Gasteiger partial charge in [0, 0.05) is 24.0 Å². The lowest BCUT2D eigenvalue weighted by Crippen LogP contribution is -2.34. The van der Waals surface area contributed by atoms with Crippen LogP contribution < -0.4 is 13.9 Å². The molecule has 132 valence electrons. The molecule has 1 aliphatic rings. The smallest absolute Gasteiger partial charge is 0.267 e. The Morgan fingerprint density at radius 3 is 2.84 bits per heavy atom. The van der Waals surface area contributed by atoms with E-state index in [1.807, 2.05) is 6.92 Å². The Kier molecular flexibility index (Phi) is 5.72. The molecule has 1 amide bonds. The van der Waals surface area contributed by atoms with Crippen LogP contribution in [-0.2, 0) is 19.4 Å².